The summed E-state index contributed by atoms with van der Waals surface area (Å²) in [5.74, 6) is 0.422. The van der Waals surface area contributed by atoms with Crippen molar-refractivity contribution in [2.24, 2.45) is 20.0 Å². The summed E-state index contributed by atoms with van der Waals surface area (Å²) >= 11 is 0. The molecule has 2 atom stereocenters. The van der Waals surface area contributed by atoms with E-state index in [0.29, 0.717) is 36.5 Å². The number of hydrogen-bond donors (Lipinski definition) is 1. The third kappa shape index (κ3) is 3.36. The highest BCUT2D eigenvalue weighted by atomic mass is 16.5. The molecule has 0 spiro atoms. The number of ether oxygens (including phenoxy) is 1. The molecule has 1 N–H and O–H groups in total. The second-order valence-electron chi connectivity index (χ2n) is 9.02. The van der Waals surface area contributed by atoms with Crippen LogP contribution in [0.15, 0.2) is 47.8 Å². The molecule has 5 heterocycles. The number of benzene rings is 1. The maximum atomic E-state index is 13.0. The van der Waals surface area contributed by atoms with E-state index in [0.717, 1.165) is 22.4 Å². The van der Waals surface area contributed by atoms with Crippen molar-refractivity contribution in [3.63, 3.8) is 0 Å². The molecule has 0 saturated carbocycles. The predicted molar refractivity (Wildman–Crippen MR) is 132 cm³/mol. The van der Waals surface area contributed by atoms with Gasteiger partial charge in [0, 0.05) is 33.4 Å². The lowest BCUT2D eigenvalue weighted by Crippen LogP contribution is -2.47. The summed E-state index contributed by atoms with van der Waals surface area (Å²) in [4.78, 5) is 44.7. The molecule has 0 aliphatic carbocycles. The van der Waals surface area contributed by atoms with Gasteiger partial charge in [0.25, 0.3) is 0 Å². The summed E-state index contributed by atoms with van der Waals surface area (Å²) in [5.41, 5.74) is 3.47. The van der Waals surface area contributed by atoms with E-state index in [1.165, 1.54) is 13.4 Å². The number of para-hydroxylation sites is 2. The number of fused-ring (bicyclic) bond motifs is 2. The molecule has 0 amide bonds. The molecule has 12 nitrogen and oxygen atoms in total. The number of nitrogens with zero attached hydrogens (tertiary/aromatic N) is 8. The van der Waals surface area contributed by atoms with Gasteiger partial charge in [0.15, 0.2) is 17.0 Å². The van der Waals surface area contributed by atoms with Crippen LogP contribution in [-0.2, 0) is 23.6 Å². The van der Waals surface area contributed by atoms with Crippen LogP contribution in [0.4, 0.5) is 5.82 Å². The molecule has 0 radical (unpaired) electrons. The smallest absolute Gasteiger partial charge is 0.326 e. The number of aryl methyl sites for hydroxylation is 2. The van der Waals surface area contributed by atoms with E-state index < -0.39 is 5.92 Å². The topological polar surface area (TPSA) is 129 Å². The number of esters is 1. The minimum atomic E-state index is -0.577. The number of aromatic nitrogens is 8. The Bertz CT molecular complexity index is 1660. The number of methoxy groups -OCH3 is 1. The summed E-state index contributed by atoms with van der Waals surface area (Å²) in [5, 5.41) is 4.25. The Kier molecular flexibility index (Phi) is 5.09. The molecule has 12 heteroatoms. The van der Waals surface area contributed by atoms with E-state index in [1.807, 2.05) is 54.0 Å². The van der Waals surface area contributed by atoms with Gasteiger partial charge in [-0.2, -0.15) is 5.10 Å². The molecule has 1 aliphatic rings. The lowest BCUT2D eigenvalue weighted by Gasteiger charge is -2.38. The third-order valence-electron chi connectivity index (χ3n) is 6.94. The Morgan fingerprint density at radius 1 is 1.19 bits per heavy atom. The van der Waals surface area contributed by atoms with E-state index in [2.05, 4.69) is 20.1 Å². The van der Waals surface area contributed by atoms with Crippen LogP contribution in [0.2, 0.25) is 0 Å². The van der Waals surface area contributed by atoms with Gasteiger partial charge in [-0.1, -0.05) is 12.1 Å². The van der Waals surface area contributed by atoms with Crippen LogP contribution in [0.1, 0.15) is 12.5 Å². The first-order chi connectivity index (χ1) is 17.5. The zero-order valence-electron chi connectivity index (χ0n) is 20.1. The summed E-state index contributed by atoms with van der Waals surface area (Å²) in [6, 6.07) is 7.14. The highest BCUT2D eigenvalue weighted by Crippen LogP contribution is 2.35. The lowest BCUT2D eigenvalue weighted by molar-refractivity contribution is -0.147. The lowest BCUT2D eigenvalue weighted by atomic mass is 9.91. The molecule has 1 aromatic carbocycles. The maximum absolute atomic E-state index is 13.0. The normalized spacial score (nSPS) is 18.2. The number of carbonyl (C=O) groups is 1. The number of anilines is 1. The summed E-state index contributed by atoms with van der Waals surface area (Å²) in [6.07, 6.45) is 5.71. The van der Waals surface area contributed by atoms with Gasteiger partial charge in [0.2, 0.25) is 0 Å². The molecule has 1 aliphatic heterocycles. The van der Waals surface area contributed by atoms with Gasteiger partial charge >= 0.3 is 11.7 Å². The highest BCUT2D eigenvalue weighted by molar-refractivity contribution is 5.87. The van der Waals surface area contributed by atoms with Gasteiger partial charge in [-0.05, 0) is 18.6 Å². The first-order valence-corrected chi connectivity index (χ1v) is 11.6. The van der Waals surface area contributed by atoms with Crippen molar-refractivity contribution in [2.45, 2.75) is 12.5 Å². The number of rotatable bonds is 4. The Morgan fingerprint density at radius 3 is 2.81 bits per heavy atom. The van der Waals surface area contributed by atoms with Crippen molar-refractivity contribution in [1.29, 1.82) is 0 Å². The third-order valence-corrected chi connectivity index (χ3v) is 6.94. The summed E-state index contributed by atoms with van der Waals surface area (Å²) in [6.45, 7) is 0.906. The number of imidazole rings is 2. The van der Waals surface area contributed by atoms with Gasteiger partial charge in [0.05, 0.1) is 41.9 Å². The zero-order chi connectivity index (χ0) is 25.0. The summed E-state index contributed by atoms with van der Waals surface area (Å²) in [7, 11) is 5.13. The molecule has 6 rings (SSSR count). The van der Waals surface area contributed by atoms with Crippen LogP contribution in [0, 0.1) is 5.92 Å². The number of nitrogens with one attached hydrogen (secondary N) is 1. The van der Waals surface area contributed by atoms with Crippen molar-refractivity contribution < 1.29 is 9.53 Å². The van der Waals surface area contributed by atoms with Crippen LogP contribution in [-0.4, -0.2) is 65.0 Å². The SMILES string of the molecule is COC(=O)C1CN(c2ncnc3c2nc(-c2cnn(C)c2)n3C)CCC1n1c(=O)[nH]c2ccccc21. The highest BCUT2D eigenvalue weighted by Gasteiger charge is 2.39. The number of piperidine rings is 1. The largest absolute Gasteiger partial charge is 0.469 e. The van der Waals surface area contributed by atoms with Gasteiger partial charge in [0.1, 0.15) is 12.2 Å². The molecule has 1 fully saturated rings. The van der Waals surface area contributed by atoms with Gasteiger partial charge in [-0.15, -0.1) is 0 Å². The standard InChI is InChI=1S/C24H25N9O3/c1-30-11-14(10-27-30)20-29-19-21(31(20)2)25-13-26-22(19)32-9-8-17(15(12-32)23(34)36-3)33-18-7-5-4-6-16(18)28-24(33)35/h4-7,10-11,13,15,17H,8-9,12H2,1-3H3,(H,28,35). The molecule has 0 bridgehead atoms. The molecule has 4 aromatic heterocycles. The fourth-order valence-electron chi connectivity index (χ4n) is 5.24. The Labute approximate surface area is 205 Å². The first-order valence-electron chi connectivity index (χ1n) is 11.6. The monoisotopic (exact) mass is 487 g/mol. The summed E-state index contributed by atoms with van der Waals surface area (Å²) < 4.78 is 10.5. The van der Waals surface area contributed by atoms with Gasteiger partial charge in [-0.25, -0.2) is 19.7 Å². The van der Waals surface area contributed by atoms with Crippen LogP contribution < -0.4 is 10.6 Å². The molecular weight excluding hydrogens is 462 g/mol. The molecule has 2 unspecified atom stereocenters. The average molecular weight is 488 g/mol. The Balaban J connectivity index is 1.40. The second kappa shape index (κ2) is 8.33. The van der Waals surface area contributed by atoms with E-state index in [4.69, 9.17) is 9.72 Å². The van der Waals surface area contributed by atoms with E-state index in [9.17, 15) is 9.59 Å². The zero-order valence-corrected chi connectivity index (χ0v) is 20.1. The number of carbonyl (C=O) groups excluding carboxylic acids is 1. The first kappa shape index (κ1) is 22.0. The van der Waals surface area contributed by atoms with E-state index >= 15 is 0 Å². The molecule has 184 valence electrons. The number of hydrogen-bond acceptors (Lipinski definition) is 8. The van der Waals surface area contributed by atoms with Crippen LogP contribution in [0.5, 0.6) is 0 Å². The number of H-pyrrole nitrogens is 1. The van der Waals surface area contributed by atoms with Crippen molar-refractivity contribution >= 4 is 34.0 Å². The fourth-order valence-corrected chi connectivity index (χ4v) is 5.24. The van der Waals surface area contributed by atoms with Crippen molar-refractivity contribution in [3.05, 3.63) is 53.5 Å². The average Bonchev–Trinajstić information content (AvgIpc) is 3.57. The van der Waals surface area contributed by atoms with Crippen molar-refractivity contribution in [2.75, 3.05) is 25.1 Å². The Hall–Kier alpha value is -4.48. The molecule has 1 saturated heterocycles. The van der Waals surface area contributed by atoms with Crippen LogP contribution >= 0.6 is 0 Å². The van der Waals surface area contributed by atoms with E-state index in [-0.39, 0.29) is 17.7 Å². The Morgan fingerprint density at radius 2 is 2.03 bits per heavy atom. The number of aromatic amines is 1. The van der Waals surface area contributed by atoms with Crippen LogP contribution in [0.25, 0.3) is 33.6 Å². The molecule has 5 aromatic rings. The van der Waals surface area contributed by atoms with E-state index in [1.54, 1.807) is 15.4 Å². The van der Waals surface area contributed by atoms with Crippen molar-refractivity contribution in [3.8, 4) is 11.4 Å². The van der Waals surface area contributed by atoms with Crippen molar-refractivity contribution in [1.82, 2.24) is 38.9 Å². The van der Waals surface area contributed by atoms with Gasteiger partial charge in [-0.3, -0.25) is 14.0 Å². The van der Waals surface area contributed by atoms with Gasteiger partial charge < -0.3 is 19.2 Å². The van der Waals surface area contributed by atoms with Crippen LogP contribution in [0.3, 0.4) is 0 Å². The minimum absolute atomic E-state index is 0.237. The maximum Gasteiger partial charge on any atom is 0.326 e. The minimum Gasteiger partial charge on any atom is -0.469 e. The molecular formula is C24H25N9O3. The second-order valence-corrected chi connectivity index (χ2v) is 9.02. The molecule has 36 heavy (non-hydrogen) atoms. The fraction of sp³-hybridized carbons (Fsp3) is 0.333. The quantitative estimate of drug-likeness (QED) is 0.379. The predicted octanol–water partition coefficient (Wildman–Crippen LogP) is 1.65.